The second-order valence-electron chi connectivity index (χ2n) is 3.78. The van der Waals surface area contributed by atoms with Crippen molar-refractivity contribution in [3.8, 4) is 0 Å². The number of rotatable bonds is 4. The zero-order chi connectivity index (χ0) is 11.3. The van der Waals surface area contributed by atoms with E-state index in [0.29, 0.717) is 12.6 Å². The Labute approximate surface area is 90.4 Å². The van der Waals surface area contributed by atoms with Crippen molar-refractivity contribution in [1.82, 2.24) is 0 Å². The zero-order valence-electron chi connectivity index (χ0n) is 9.41. The Morgan fingerprint density at radius 1 is 1.33 bits per heavy atom. The third kappa shape index (κ3) is 4.49. The minimum Gasteiger partial charge on any atom is -0.461 e. The number of nitrogens with one attached hydrogen (secondary N) is 1. The topological polar surface area (TPSA) is 38.3 Å². The molecule has 0 atom stereocenters. The van der Waals surface area contributed by atoms with Crippen LogP contribution in [0.5, 0.6) is 0 Å². The number of hydrogen-bond donors (Lipinski definition) is 1. The fourth-order valence-corrected chi connectivity index (χ4v) is 1.22. The van der Waals surface area contributed by atoms with E-state index in [1.54, 1.807) is 0 Å². The molecule has 1 N–H and O–H groups in total. The van der Waals surface area contributed by atoms with Gasteiger partial charge in [0.2, 0.25) is 0 Å². The largest absolute Gasteiger partial charge is 0.461 e. The fraction of sp³-hybridized carbons (Fsp3) is 0.417. The number of carbonyl (C=O) groups is 1. The highest BCUT2D eigenvalue weighted by atomic mass is 16.5. The lowest BCUT2D eigenvalue weighted by Gasteiger charge is -2.10. The van der Waals surface area contributed by atoms with Gasteiger partial charge in [-0.3, -0.25) is 4.79 Å². The van der Waals surface area contributed by atoms with Crippen molar-refractivity contribution in [2.75, 3.05) is 5.32 Å². The molecule has 0 aliphatic rings. The van der Waals surface area contributed by atoms with Crippen molar-refractivity contribution < 1.29 is 9.53 Å². The van der Waals surface area contributed by atoms with Gasteiger partial charge >= 0.3 is 5.97 Å². The number of benzene rings is 1. The molecule has 0 aliphatic carbocycles. The minimum atomic E-state index is -0.251. The van der Waals surface area contributed by atoms with Crippen molar-refractivity contribution in [3.63, 3.8) is 0 Å². The van der Waals surface area contributed by atoms with Crippen LogP contribution >= 0.6 is 0 Å². The van der Waals surface area contributed by atoms with Crippen molar-refractivity contribution in [2.24, 2.45) is 0 Å². The quantitative estimate of drug-likeness (QED) is 0.771. The first kappa shape index (κ1) is 11.6. The molecule has 0 aliphatic heterocycles. The van der Waals surface area contributed by atoms with Crippen LogP contribution in [-0.4, -0.2) is 12.0 Å². The summed E-state index contributed by atoms with van der Waals surface area (Å²) in [5, 5.41) is 3.29. The maximum Gasteiger partial charge on any atom is 0.302 e. The molecule has 82 valence electrons. The molecule has 0 saturated carbocycles. The normalized spacial score (nSPS) is 10.1. The van der Waals surface area contributed by atoms with E-state index < -0.39 is 0 Å². The van der Waals surface area contributed by atoms with E-state index in [1.165, 1.54) is 6.92 Å². The number of carbonyl (C=O) groups excluding carboxylic acids is 1. The van der Waals surface area contributed by atoms with E-state index in [9.17, 15) is 4.79 Å². The Balaban J connectivity index is 2.52. The van der Waals surface area contributed by atoms with E-state index in [4.69, 9.17) is 4.74 Å². The Bertz CT molecular complexity index is 317. The Kier molecular flexibility index (Phi) is 4.16. The molecular weight excluding hydrogens is 190 g/mol. The fourth-order valence-electron chi connectivity index (χ4n) is 1.22. The molecule has 0 bridgehead atoms. The lowest BCUT2D eigenvalue weighted by Crippen LogP contribution is -2.09. The molecule has 0 aromatic heterocycles. The second kappa shape index (κ2) is 5.39. The van der Waals surface area contributed by atoms with Crippen LogP contribution in [0.3, 0.4) is 0 Å². The van der Waals surface area contributed by atoms with Crippen LogP contribution < -0.4 is 5.32 Å². The van der Waals surface area contributed by atoms with E-state index in [2.05, 4.69) is 19.2 Å². The zero-order valence-corrected chi connectivity index (χ0v) is 9.41. The van der Waals surface area contributed by atoms with Gasteiger partial charge in [-0.1, -0.05) is 12.1 Å². The van der Waals surface area contributed by atoms with Crippen molar-refractivity contribution in [1.29, 1.82) is 0 Å². The standard InChI is InChI=1S/C12H17NO2/c1-9(2)13-12-6-4-11(5-7-12)8-15-10(3)14/h4-7,9,13H,8H2,1-3H3. The van der Waals surface area contributed by atoms with Gasteiger partial charge in [0, 0.05) is 18.7 Å². The first-order valence-corrected chi connectivity index (χ1v) is 5.07. The van der Waals surface area contributed by atoms with E-state index >= 15 is 0 Å². The van der Waals surface area contributed by atoms with Gasteiger partial charge < -0.3 is 10.1 Å². The summed E-state index contributed by atoms with van der Waals surface area (Å²) in [7, 11) is 0. The van der Waals surface area contributed by atoms with Crippen LogP contribution in [0, 0.1) is 0 Å². The molecule has 1 aromatic rings. The predicted octanol–water partition coefficient (Wildman–Crippen LogP) is 2.57. The third-order valence-electron chi connectivity index (χ3n) is 1.85. The van der Waals surface area contributed by atoms with Crippen LogP contribution in [0.2, 0.25) is 0 Å². The highest BCUT2D eigenvalue weighted by molar-refractivity contribution is 5.65. The second-order valence-corrected chi connectivity index (χ2v) is 3.78. The Hall–Kier alpha value is -1.51. The van der Waals surface area contributed by atoms with Crippen molar-refractivity contribution >= 4 is 11.7 Å². The smallest absolute Gasteiger partial charge is 0.302 e. The molecule has 0 fully saturated rings. The highest BCUT2D eigenvalue weighted by Crippen LogP contribution is 2.11. The van der Waals surface area contributed by atoms with E-state index in [-0.39, 0.29) is 5.97 Å². The molecule has 0 spiro atoms. The summed E-state index contributed by atoms with van der Waals surface area (Å²) < 4.78 is 4.89. The summed E-state index contributed by atoms with van der Waals surface area (Å²) in [4.78, 5) is 10.6. The maximum absolute atomic E-state index is 10.6. The molecule has 15 heavy (non-hydrogen) atoms. The SMILES string of the molecule is CC(=O)OCc1ccc(NC(C)C)cc1. The summed E-state index contributed by atoms with van der Waals surface area (Å²) in [5.41, 5.74) is 2.08. The molecule has 0 radical (unpaired) electrons. The van der Waals surface area contributed by atoms with Crippen LogP contribution in [0.25, 0.3) is 0 Å². The van der Waals surface area contributed by atoms with Gasteiger partial charge in [-0.05, 0) is 31.5 Å². The molecule has 1 aromatic carbocycles. The summed E-state index contributed by atoms with van der Waals surface area (Å²) in [5.74, 6) is -0.251. The molecule has 1 rings (SSSR count). The maximum atomic E-state index is 10.6. The van der Waals surface area contributed by atoms with Crippen molar-refractivity contribution in [3.05, 3.63) is 29.8 Å². The van der Waals surface area contributed by atoms with Crippen LogP contribution in [0.1, 0.15) is 26.3 Å². The highest BCUT2D eigenvalue weighted by Gasteiger charge is 1.98. The van der Waals surface area contributed by atoms with E-state index in [0.717, 1.165) is 11.3 Å². The number of esters is 1. The number of anilines is 1. The van der Waals surface area contributed by atoms with Gasteiger partial charge in [-0.2, -0.15) is 0 Å². The summed E-state index contributed by atoms with van der Waals surface area (Å²) >= 11 is 0. The molecule has 0 unspecified atom stereocenters. The van der Waals surface area contributed by atoms with Gasteiger partial charge in [-0.15, -0.1) is 0 Å². The minimum absolute atomic E-state index is 0.251. The average molecular weight is 207 g/mol. The molecule has 0 saturated heterocycles. The number of ether oxygens (including phenoxy) is 1. The summed E-state index contributed by atoms with van der Waals surface area (Å²) in [6.07, 6.45) is 0. The third-order valence-corrected chi connectivity index (χ3v) is 1.85. The van der Waals surface area contributed by atoms with Gasteiger partial charge in [0.15, 0.2) is 0 Å². The van der Waals surface area contributed by atoms with Crippen LogP contribution in [0.4, 0.5) is 5.69 Å². The van der Waals surface area contributed by atoms with Gasteiger partial charge in [0.25, 0.3) is 0 Å². The van der Waals surface area contributed by atoms with Gasteiger partial charge in [-0.25, -0.2) is 0 Å². The van der Waals surface area contributed by atoms with Crippen LogP contribution in [-0.2, 0) is 16.1 Å². The Morgan fingerprint density at radius 3 is 2.40 bits per heavy atom. The first-order chi connectivity index (χ1) is 7.08. The molecular formula is C12H17NO2. The van der Waals surface area contributed by atoms with Gasteiger partial charge in [0.1, 0.15) is 6.61 Å². The molecule has 3 nitrogen and oxygen atoms in total. The van der Waals surface area contributed by atoms with Crippen molar-refractivity contribution in [2.45, 2.75) is 33.4 Å². The summed E-state index contributed by atoms with van der Waals surface area (Å²) in [6.45, 7) is 5.94. The van der Waals surface area contributed by atoms with Gasteiger partial charge in [0.05, 0.1) is 0 Å². The lowest BCUT2D eigenvalue weighted by atomic mass is 10.2. The Morgan fingerprint density at radius 2 is 1.93 bits per heavy atom. The number of hydrogen-bond acceptors (Lipinski definition) is 3. The summed E-state index contributed by atoms with van der Waals surface area (Å²) in [6, 6.07) is 8.29. The molecule has 0 heterocycles. The lowest BCUT2D eigenvalue weighted by molar-refractivity contribution is -0.142. The van der Waals surface area contributed by atoms with Crippen LogP contribution in [0.15, 0.2) is 24.3 Å². The molecule has 3 heteroatoms. The predicted molar refractivity (Wildman–Crippen MR) is 60.7 cm³/mol. The average Bonchev–Trinajstić information content (AvgIpc) is 2.16. The first-order valence-electron chi connectivity index (χ1n) is 5.07. The molecule has 0 amide bonds. The monoisotopic (exact) mass is 207 g/mol. The van der Waals surface area contributed by atoms with E-state index in [1.807, 2.05) is 24.3 Å².